The van der Waals surface area contributed by atoms with Crippen LogP contribution in [0.2, 0.25) is 0 Å². The summed E-state index contributed by atoms with van der Waals surface area (Å²) in [5.41, 5.74) is 1.84. The normalized spacial score (nSPS) is 10.6. The number of anilines is 1. The average molecular weight is 237 g/mol. The molecule has 4 nitrogen and oxygen atoms in total. The standard InChI is InChI=1S/C13H19NO3/c1-10(2)17-9-13(15)14-12-6-4-11(5-7-12)8-16-3/h4-7,10H,8-9H2,1-3H3,(H,14,15). The Bertz CT molecular complexity index is 346. The molecule has 0 atom stereocenters. The lowest BCUT2D eigenvalue weighted by Crippen LogP contribution is -2.20. The van der Waals surface area contributed by atoms with Gasteiger partial charge in [0.25, 0.3) is 0 Å². The molecule has 0 unspecified atom stereocenters. The highest BCUT2D eigenvalue weighted by Crippen LogP contribution is 2.10. The van der Waals surface area contributed by atoms with Crippen LogP contribution in [0.1, 0.15) is 19.4 Å². The third-order valence-electron chi connectivity index (χ3n) is 2.10. The number of ether oxygens (including phenoxy) is 2. The SMILES string of the molecule is COCc1ccc(NC(=O)COC(C)C)cc1. The van der Waals surface area contributed by atoms with Gasteiger partial charge in [0.2, 0.25) is 5.91 Å². The number of benzene rings is 1. The fourth-order valence-corrected chi connectivity index (χ4v) is 1.29. The van der Waals surface area contributed by atoms with Crippen LogP contribution in [-0.4, -0.2) is 25.7 Å². The lowest BCUT2D eigenvalue weighted by molar-refractivity contribution is -0.121. The summed E-state index contributed by atoms with van der Waals surface area (Å²) in [5, 5.41) is 2.76. The van der Waals surface area contributed by atoms with Gasteiger partial charge in [-0.05, 0) is 31.5 Å². The van der Waals surface area contributed by atoms with E-state index in [0.29, 0.717) is 6.61 Å². The number of amides is 1. The minimum Gasteiger partial charge on any atom is -0.380 e. The third-order valence-corrected chi connectivity index (χ3v) is 2.10. The second-order valence-corrected chi connectivity index (χ2v) is 4.04. The van der Waals surface area contributed by atoms with Crippen LogP contribution in [0.5, 0.6) is 0 Å². The van der Waals surface area contributed by atoms with E-state index in [-0.39, 0.29) is 18.6 Å². The Morgan fingerprint density at radius 1 is 1.29 bits per heavy atom. The lowest BCUT2D eigenvalue weighted by Gasteiger charge is -2.08. The zero-order valence-corrected chi connectivity index (χ0v) is 10.5. The van der Waals surface area contributed by atoms with Crippen molar-refractivity contribution in [1.29, 1.82) is 0 Å². The summed E-state index contributed by atoms with van der Waals surface area (Å²) in [6, 6.07) is 7.54. The van der Waals surface area contributed by atoms with Crippen LogP contribution >= 0.6 is 0 Å². The molecule has 0 aliphatic carbocycles. The maximum atomic E-state index is 11.5. The highest BCUT2D eigenvalue weighted by Gasteiger charge is 2.03. The molecule has 1 aromatic rings. The highest BCUT2D eigenvalue weighted by atomic mass is 16.5. The van der Waals surface area contributed by atoms with Gasteiger partial charge in [-0.2, -0.15) is 0 Å². The van der Waals surface area contributed by atoms with Crippen molar-refractivity contribution in [3.8, 4) is 0 Å². The molecule has 0 heterocycles. The van der Waals surface area contributed by atoms with Gasteiger partial charge < -0.3 is 14.8 Å². The molecule has 0 fully saturated rings. The Hall–Kier alpha value is -1.39. The van der Waals surface area contributed by atoms with Crippen LogP contribution in [0.15, 0.2) is 24.3 Å². The second-order valence-electron chi connectivity index (χ2n) is 4.04. The van der Waals surface area contributed by atoms with E-state index in [1.807, 2.05) is 38.1 Å². The molecule has 1 amide bonds. The predicted octanol–water partition coefficient (Wildman–Crippen LogP) is 2.20. The maximum Gasteiger partial charge on any atom is 0.250 e. The van der Waals surface area contributed by atoms with Gasteiger partial charge in [-0.15, -0.1) is 0 Å². The topological polar surface area (TPSA) is 47.6 Å². The van der Waals surface area contributed by atoms with Crippen LogP contribution in [0.25, 0.3) is 0 Å². The quantitative estimate of drug-likeness (QED) is 0.825. The van der Waals surface area contributed by atoms with E-state index in [0.717, 1.165) is 11.3 Å². The van der Waals surface area contributed by atoms with Crippen molar-refractivity contribution in [2.24, 2.45) is 0 Å². The van der Waals surface area contributed by atoms with E-state index < -0.39 is 0 Å². The molecule has 0 radical (unpaired) electrons. The Morgan fingerprint density at radius 3 is 2.47 bits per heavy atom. The van der Waals surface area contributed by atoms with Crippen LogP contribution in [0, 0.1) is 0 Å². The molecule has 0 aliphatic heterocycles. The summed E-state index contributed by atoms with van der Waals surface area (Å²) in [7, 11) is 1.65. The number of carbonyl (C=O) groups excluding carboxylic acids is 1. The average Bonchev–Trinajstić information content (AvgIpc) is 2.29. The zero-order valence-electron chi connectivity index (χ0n) is 10.5. The Kier molecular flexibility index (Phi) is 5.66. The van der Waals surface area contributed by atoms with Gasteiger partial charge in [0.05, 0.1) is 12.7 Å². The van der Waals surface area contributed by atoms with E-state index in [1.165, 1.54) is 0 Å². The number of hydrogen-bond donors (Lipinski definition) is 1. The van der Waals surface area contributed by atoms with Crippen LogP contribution in [0.4, 0.5) is 5.69 Å². The summed E-state index contributed by atoms with van der Waals surface area (Å²) >= 11 is 0. The molecular formula is C13H19NO3. The van der Waals surface area contributed by atoms with Gasteiger partial charge in [0.1, 0.15) is 6.61 Å². The molecule has 0 aliphatic rings. The molecule has 17 heavy (non-hydrogen) atoms. The summed E-state index contributed by atoms with van der Waals surface area (Å²) < 4.78 is 10.2. The first-order valence-electron chi connectivity index (χ1n) is 5.61. The molecule has 1 N–H and O–H groups in total. The van der Waals surface area contributed by atoms with Crippen molar-refractivity contribution in [1.82, 2.24) is 0 Å². The summed E-state index contributed by atoms with van der Waals surface area (Å²) in [4.78, 5) is 11.5. The summed E-state index contributed by atoms with van der Waals surface area (Å²) in [6.07, 6.45) is 0.0600. The van der Waals surface area contributed by atoms with Gasteiger partial charge in [0.15, 0.2) is 0 Å². The third kappa shape index (κ3) is 5.47. The molecule has 0 aromatic heterocycles. The predicted molar refractivity (Wildman–Crippen MR) is 66.9 cm³/mol. The van der Waals surface area contributed by atoms with Gasteiger partial charge in [0, 0.05) is 12.8 Å². The number of hydrogen-bond acceptors (Lipinski definition) is 3. The number of rotatable bonds is 6. The fourth-order valence-electron chi connectivity index (χ4n) is 1.29. The molecule has 0 saturated carbocycles. The zero-order chi connectivity index (χ0) is 12.7. The number of carbonyl (C=O) groups is 1. The van der Waals surface area contributed by atoms with Crippen molar-refractivity contribution in [3.63, 3.8) is 0 Å². The first kappa shape index (κ1) is 13.7. The van der Waals surface area contributed by atoms with E-state index in [2.05, 4.69) is 5.32 Å². The van der Waals surface area contributed by atoms with Gasteiger partial charge in [-0.1, -0.05) is 12.1 Å². The fraction of sp³-hybridized carbons (Fsp3) is 0.462. The minimum absolute atomic E-state index is 0.0600. The molecule has 0 bridgehead atoms. The van der Waals surface area contributed by atoms with Gasteiger partial charge in [-0.25, -0.2) is 0 Å². The molecule has 0 spiro atoms. The number of methoxy groups -OCH3 is 1. The molecule has 0 saturated heterocycles. The highest BCUT2D eigenvalue weighted by molar-refractivity contribution is 5.91. The number of nitrogens with one attached hydrogen (secondary N) is 1. The molecule has 1 rings (SSSR count). The second kappa shape index (κ2) is 7.04. The molecule has 4 heteroatoms. The molecular weight excluding hydrogens is 218 g/mol. The van der Waals surface area contributed by atoms with Crippen molar-refractivity contribution >= 4 is 11.6 Å². The van der Waals surface area contributed by atoms with Gasteiger partial charge >= 0.3 is 0 Å². The lowest BCUT2D eigenvalue weighted by atomic mass is 10.2. The van der Waals surface area contributed by atoms with Crippen LogP contribution in [0.3, 0.4) is 0 Å². The largest absolute Gasteiger partial charge is 0.380 e. The molecule has 94 valence electrons. The molecule has 1 aromatic carbocycles. The maximum absolute atomic E-state index is 11.5. The Morgan fingerprint density at radius 2 is 1.94 bits per heavy atom. The van der Waals surface area contributed by atoms with Crippen molar-refractivity contribution in [2.45, 2.75) is 26.6 Å². The van der Waals surface area contributed by atoms with Crippen molar-refractivity contribution in [2.75, 3.05) is 19.0 Å². The smallest absolute Gasteiger partial charge is 0.250 e. The minimum atomic E-state index is -0.141. The summed E-state index contributed by atoms with van der Waals surface area (Å²) in [5.74, 6) is -0.141. The first-order chi connectivity index (χ1) is 8.11. The Balaban J connectivity index is 2.43. The van der Waals surface area contributed by atoms with Crippen LogP contribution in [-0.2, 0) is 20.9 Å². The van der Waals surface area contributed by atoms with E-state index in [1.54, 1.807) is 7.11 Å². The van der Waals surface area contributed by atoms with E-state index >= 15 is 0 Å². The van der Waals surface area contributed by atoms with Gasteiger partial charge in [-0.3, -0.25) is 4.79 Å². The van der Waals surface area contributed by atoms with Crippen LogP contribution < -0.4 is 5.32 Å². The Labute approximate surface area is 102 Å². The van der Waals surface area contributed by atoms with E-state index in [4.69, 9.17) is 9.47 Å². The summed E-state index contributed by atoms with van der Waals surface area (Å²) in [6.45, 7) is 4.45. The van der Waals surface area contributed by atoms with E-state index in [9.17, 15) is 4.79 Å². The monoisotopic (exact) mass is 237 g/mol. The van der Waals surface area contributed by atoms with Crippen molar-refractivity contribution < 1.29 is 14.3 Å². The van der Waals surface area contributed by atoms with Crippen molar-refractivity contribution in [3.05, 3.63) is 29.8 Å². The first-order valence-corrected chi connectivity index (χ1v) is 5.61.